The summed E-state index contributed by atoms with van der Waals surface area (Å²) < 4.78 is 5.98. The van der Waals surface area contributed by atoms with Gasteiger partial charge in [-0.05, 0) is 49.9 Å². The largest absolute Gasteiger partial charge is 0.488 e. The summed E-state index contributed by atoms with van der Waals surface area (Å²) in [6.07, 6.45) is 4.25. The maximum Gasteiger partial charge on any atom is 0.226 e. The van der Waals surface area contributed by atoms with Gasteiger partial charge >= 0.3 is 0 Å². The summed E-state index contributed by atoms with van der Waals surface area (Å²) >= 11 is 12.0. The minimum Gasteiger partial charge on any atom is -0.488 e. The number of nitrogens with zero attached hydrogens (tertiary/aromatic N) is 1. The molecule has 3 fully saturated rings. The van der Waals surface area contributed by atoms with Gasteiger partial charge < -0.3 is 15.0 Å². The van der Waals surface area contributed by atoms with Gasteiger partial charge in [0.25, 0.3) is 0 Å². The highest BCUT2D eigenvalue weighted by atomic mass is 35.5. The smallest absolute Gasteiger partial charge is 0.226 e. The first-order valence-corrected chi connectivity index (χ1v) is 9.44. The molecule has 2 unspecified atom stereocenters. The molecule has 1 aromatic rings. The van der Waals surface area contributed by atoms with E-state index in [-0.39, 0.29) is 12.0 Å². The molecule has 2 heterocycles. The third kappa shape index (κ3) is 3.12. The fraction of sp³-hybridized carbons (Fsp3) is 0.611. The van der Waals surface area contributed by atoms with Gasteiger partial charge in [-0.3, -0.25) is 4.79 Å². The van der Waals surface area contributed by atoms with Gasteiger partial charge in [-0.1, -0.05) is 23.2 Å². The van der Waals surface area contributed by atoms with Crippen molar-refractivity contribution in [2.24, 2.45) is 11.3 Å². The lowest BCUT2D eigenvalue weighted by atomic mass is 9.91. The average molecular weight is 369 g/mol. The Hall–Kier alpha value is -0.970. The van der Waals surface area contributed by atoms with Crippen LogP contribution in [-0.2, 0) is 4.79 Å². The highest BCUT2D eigenvalue weighted by Crippen LogP contribution is 2.59. The number of hydrogen-bond donors (Lipinski definition) is 1. The standard InChI is InChI=1S/C18H22Cl2N2O2/c19-15-2-1-12(9-16(15)20)24-13-3-8-22(11-13)17(23)14-10-18(14)4-6-21-7-5-18/h1-2,9,13-14,21H,3-8,10-11H2. The number of ether oxygens (including phenoxy) is 1. The van der Waals surface area contributed by atoms with Gasteiger partial charge in [-0.25, -0.2) is 0 Å². The maximum atomic E-state index is 12.8. The fourth-order valence-electron chi connectivity index (χ4n) is 4.16. The van der Waals surface area contributed by atoms with Crippen molar-refractivity contribution in [2.75, 3.05) is 26.2 Å². The molecule has 1 saturated carbocycles. The van der Waals surface area contributed by atoms with E-state index in [1.165, 1.54) is 0 Å². The van der Waals surface area contributed by atoms with E-state index in [9.17, 15) is 4.79 Å². The summed E-state index contributed by atoms with van der Waals surface area (Å²) in [7, 11) is 0. The second kappa shape index (κ2) is 6.40. The van der Waals surface area contributed by atoms with Crippen molar-refractivity contribution in [1.82, 2.24) is 10.2 Å². The molecule has 1 amide bonds. The number of hydrogen-bond acceptors (Lipinski definition) is 3. The molecule has 6 heteroatoms. The monoisotopic (exact) mass is 368 g/mol. The van der Waals surface area contributed by atoms with Crippen LogP contribution in [0.15, 0.2) is 18.2 Å². The first-order valence-electron chi connectivity index (χ1n) is 8.69. The summed E-state index contributed by atoms with van der Waals surface area (Å²) in [5.41, 5.74) is 0.297. The van der Waals surface area contributed by atoms with Crippen LogP contribution in [0, 0.1) is 11.3 Å². The number of nitrogens with one attached hydrogen (secondary N) is 1. The van der Waals surface area contributed by atoms with Crippen LogP contribution in [0.4, 0.5) is 0 Å². The number of carbonyl (C=O) groups excluding carboxylic acids is 1. The molecule has 0 bridgehead atoms. The third-order valence-corrected chi connectivity index (χ3v) is 6.48. The molecule has 2 saturated heterocycles. The Morgan fingerprint density at radius 1 is 1.25 bits per heavy atom. The van der Waals surface area contributed by atoms with Gasteiger partial charge in [0.15, 0.2) is 0 Å². The molecule has 1 spiro atoms. The Morgan fingerprint density at radius 3 is 2.79 bits per heavy atom. The van der Waals surface area contributed by atoms with Crippen LogP contribution in [0.5, 0.6) is 5.75 Å². The number of halogens is 2. The second-order valence-corrected chi connectivity index (χ2v) is 8.07. The molecule has 1 aromatic carbocycles. The molecule has 4 rings (SSSR count). The molecular weight excluding hydrogens is 347 g/mol. The highest BCUT2D eigenvalue weighted by molar-refractivity contribution is 6.42. The zero-order valence-corrected chi connectivity index (χ0v) is 15.1. The van der Waals surface area contributed by atoms with Gasteiger partial charge in [0.05, 0.1) is 16.6 Å². The second-order valence-electron chi connectivity index (χ2n) is 7.26. The van der Waals surface area contributed by atoms with Crippen molar-refractivity contribution < 1.29 is 9.53 Å². The van der Waals surface area contributed by atoms with Crippen LogP contribution >= 0.6 is 23.2 Å². The number of rotatable bonds is 3. The lowest BCUT2D eigenvalue weighted by Gasteiger charge is -2.25. The van der Waals surface area contributed by atoms with Crippen LogP contribution in [0.3, 0.4) is 0 Å². The van der Waals surface area contributed by atoms with Crippen LogP contribution < -0.4 is 10.1 Å². The number of piperidine rings is 1. The van der Waals surface area contributed by atoms with E-state index in [0.717, 1.165) is 45.3 Å². The van der Waals surface area contributed by atoms with Gasteiger partial charge in [0.2, 0.25) is 5.91 Å². The Kier molecular flexibility index (Phi) is 4.40. The van der Waals surface area contributed by atoms with Crippen LogP contribution in [-0.4, -0.2) is 43.1 Å². The molecule has 130 valence electrons. The predicted octanol–water partition coefficient (Wildman–Crippen LogP) is 3.36. The predicted molar refractivity (Wildman–Crippen MR) is 94.7 cm³/mol. The fourth-order valence-corrected chi connectivity index (χ4v) is 4.45. The summed E-state index contributed by atoms with van der Waals surface area (Å²) in [6.45, 7) is 3.55. The lowest BCUT2D eigenvalue weighted by Crippen LogP contribution is -2.36. The molecule has 1 N–H and O–H groups in total. The molecule has 0 radical (unpaired) electrons. The highest BCUT2D eigenvalue weighted by Gasteiger charge is 2.58. The van der Waals surface area contributed by atoms with Gasteiger partial charge in [0, 0.05) is 24.9 Å². The van der Waals surface area contributed by atoms with Crippen LogP contribution in [0.2, 0.25) is 10.0 Å². The maximum absolute atomic E-state index is 12.8. The molecular formula is C18H22Cl2N2O2. The van der Waals surface area contributed by atoms with Crippen molar-refractivity contribution in [3.05, 3.63) is 28.2 Å². The van der Waals surface area contributed by atoms with Crippen LogP contribution in [0.1, 0.15) is 25.7 Å². The lowest BCUT2D eigenvalue weighted by molar-refractivity contribution is -0.132. The normalized spacial score (nSPS) is 28.2. The Morgan fingerprint density at radius 2 is 2.04 bits per heavy atom. The third-order valence-electron chi connectivity index (χ3n) is 5.74. The number of likely N-dealkylation sites (tertiary alicyclic amines) is 1. The zero-order chi connectivity index (χ0) is 16.7. The first kappa shape index (κ1) is 16.5. The average Bonchev–Trinajstić information content (AvgIpc) is 3.05. The van der Waals surface area contributed by atoms with Gasteiger partial charge in [-0.15, -0.1) is 0 Å². The van der Waals surface area contributed by atoms with Crippen molar-refractivity contribution in [3.63, 3.8) is 0 Å². The molecule has 2 aliphatic heterocycles. The summed E-state index contributed by atoms with van der Waals surface area (Å²) in [6, 6.07) is 5.30. The number of amides is 1. The van der Waals surface area contributed by atoms with E-state index in [1.54, 1.807) is 12.1 Å². The topological polar surface area (TPSA) is 41.6 Å². The molecule has 0 aromatic heterocycles. The first-order chi connectivity index (χ1) is 11.6. The summed E-state index contributed by atoms with van der Waals surface area (Å²) in [5.74, 6) is 1.28. The molecule has 1 aliphatic carbocycles. The molecule has 24 heavy (non-hydrogen) atoms. The summed E-state index contributed by atoms with van der Waals surface area (Å²) in [4.78, 5) is 14.8. The Balaban J connectivity index is 1.33. The van der Waals surface area contributed by atoms with E-state index in [0.29, 0.717) is 33.7 Å². The van der Waals surface area contributed by atoms with Crippen molar-refractivity contribution in [1.29, 1.82) is 0 Å². The van der Waals surface area contributed by atoms with Gasteiger partial charge in [-0.2, -0.15) is 0 Å². The van der Waals surface area contributed by atoms with Gasteiger partial charge in [0.1, 0.15) is 11.9 Å². The van der Waals surface area contributed by atoms with E-state index in [1.807, 2.05) is 11.0 Å². The summed E-state index contributed by atoms with van der Waals surface area (Å²) in [5, 5.41) is 4.40. The van der Waals surface area contributed by atoms with E-state index in [2.05, 4.69) is 5.32 Å². The minimum absolute atomic E-state index is 0.0360. The minimum atomic E-state index is 0.0360. The van der Waals surface area contributed by atoms with Crippen molar-refractivity contribution in [3.8, 4) is 5.75 Å². The number of carbonyl (C=O) groups is 1. The van der Waals surface area contributed by atoms with E-state index in [4.69, 9.17) is 27.9 Å². The SMILES string of the molecule is O=C(C1CC12CCNCC2)N1CCC(Oc2ccc(Cl)c(Cl)c2)C1. The van der Waals surface area contributed by atoms with Crippen molar-refractivity contribution >= 4 is 29.1 Å². The van der Waals surface area contributed by atoms with E-state index < -0.39 is 0 Å². The zero-order valence-electron chi connectivity index (χ0n) is 13.6. The van der Waals surface area contributed by atoms with E-state index >= 15 is 0 Å². The number of benzene rings is 1. The Labute approximate surface area is 152 Å². The van der Waals surface area contributed by atoms with Crippen molar-refractivity contribution in [2.45, 2.75) is 31.8 Å². The molecule has 3 aliphatic rings. The van der Waals surface area contributed by atoms with Crippen LogP contribution in [0.25, 0.3) is 0 Å². The quantitative estimate of drug-likeness (QED) is 0.889. The molecule has 4 nitrogen and oxygen atoms in total. The Bertz CT molecular complexity index is 646. The molecule has 2 atom stereocenters.